The second kappa shape index (κ2) is 4.55. The summed E-state index contributed by atoms with van der Waals surface area (Å²) in [6.07, 6.45) is 2.11. The Morgan fingerprint density at radius 3 is 2.89 bits per heavy atom. The number of rotatable bonds is 3. The maximum absolute atomic E-state index is 12.0. The molecule has 0 unspecified atom stereocenters. The smallest absolute Gasteiger partial charge is 0.322 e. The Hall–Kier alpha value is -2.08. The lowest BCUT2D eigenvalue weighted by molar-refractivity contribution is 0.102. The molecule has 1 saturated carbocycles. The van der Waals surface area contributed by atoms with Crippen LogP contribution in [0.25, 0.3) is 0 Å². The lowest BCUT2D eigenvalue weighted by Gasteiger charge is -2.04. The van der Waals surface area contributed by atoms with Crippen LogP contribution in [-0.2, 0) is 0 Å². The number of aromatic nitrogens is 2. The van der Waals surface area contributed by atoms with E-state index >= 15 is 0 Å². The number of hydrogen-bond acceptors (Lipinski definition) is 5. The quantitative estimate of drug-likeness (QED) is 0.841. The van der Waals surface area contributed by atoms with Gasteiger partial charge in [0.15, 0.2) is 0 Å². The van der Waals surface area contributed by atoms with E-state index < -0.39 is 5.91 Å². The minimum absolute atomic E-state index is 0.0845. The van der Waals surface area contributed by atoms with Crippen molar-refractivity contribution in [3.8, 4) is 0 Å². The SMILES string of the molecule is Nc1cc(Cl)ccc1C(=O)Nc1nnc(C2CC2)o1. The van der Waals surface area contributed by atoms with E-state index in [-0.39, 0.29) is 6.01 Å². The van der Waals surface area contributed by atoms with E-state index in [4.69, 9.17) is 21.8 Å². The number of nitrogens with zero attached hydrogens (tertiary/aromatic N) is 2. The number of carbonyl (C=O) groups excluding carboxylic acids is 1. The second-order valence-electron chi connectivity index (χ2n) is 4.41. The standard InChI is InChI=1S/C12H11ClN4O2/c13-7-3-4-8(9(14)5-7)10(18)15-12-17-16-11(19-12)6-1-2-6/h3-6H,1-2,14H2,(H,15,17,18). The molecular weight excluding hydrogens is 268 g/mol. The molecule has 98 valence electrons. The Morgan fingerprint density at radius 2 is 2.21 bits per heavy atom. The number of benzene rings is 1. The van der Waals surface area contributed by atoms with E-state index in [1.807, 2.05) is 0 Å². The zero-order chi connectivity index (χ0) is 13.4. The van der Waals surface area contributed by atoms with Gasteiger partial charge < -0.3 is 10.2 Å². The second-order valence-corrected chi connectivity index (χ2v) is 4.84. The fourth-order valence-corrected chi connectivity index (χ4v) is 1.87. The zero-order valence-electron chi connectivity index (χ0n) is 9.89. The maximum Gasteiger partial charge on any atom is 0.322 e. The normalized spacial score (nSPS) is 14.4. The van der Waals surface area contributed by atoms with Crippen LogP contribution in [0.2, 0.25) is 5.02 Å². The molecule has 2 aromatic rings. The molecule has 3 N–H and O–H groups in total. The van der Waals surface area contributed by atoms with Crippen LogP contribution in [0.4, 0.5) is 11.7 Å². The van der Waals surface area contributed by atoms with Crippen LogP contribution < -0.4 is 11.1 Å². The highest BCUT2D eigenvalue weighted by Crippen LogP contribution is 2.39. The molecule has 1 heterocycles. The van der Waals surface area contributed by atoms with Gasteiger partial charge in [-0.25, -0.2) is 0 Å². The van der Waals surface area contributed by atoms with Gasteiger partial charge in [0.2, 0.25) is 5.89 Å². The summed E-state index contributed by atoms with van der Waals surface area (Å²) < 4.78 is 5.34. The third-order valence-electron chi connectivity index (χ3n) is 2.85. The van der Waals surface area contributed by atoms with E-state index in [0.717, 1.165) is 12.8 Å². The summed E-state index contributed by atoms with van der Waals surface area (Å²) in [6, 6.07) is 4.74. The molecule has 1 amide bonds. The Morgan fingerprint density at radius 1 is 1.42 bits per heavy atom. The van der Waals surface area contributed by atoms with Gasteiger partial charge in [0, 0.05) is 16.6 Å². The first kappa shape index (κ1) is 12.0. The minimum atomic E-state index is -0.403. The van der Waals surface area contributed by atoms with Crippen molar-refractivity contribution in [3.05, 3.63) is 34.7 Å². The first-order chi connectivity index (χ1) is 9.13. The molecule has 1 fully saturated rings. The Labute approximate surface area is 113 Å². The molecule has 0 saturated heterocycles. The van der Waals surface area contributed by atoms with Crippen molar-refractivity contribution >= 4 is 29.2 Å². The van der Waals surface area contributed by atoms with Crippen molar-refractivity contribution in [3.63, 3.8) is 0 Å². The lowest BCUT2D eigenvalue weighted by atomic mass is 10.2. The average molecular weight is 279 g/mol. The molecule has 1 aliphatic carbocycles. The molecule has 0 atom stereocenters. The lowest BCUT2D eigenvalue weighted by Crippen LogP contribution is -2.14. The number of hydrogen-bond donors (Lipinski definition) is 2. The molecule has 1 aromatic heterocycles. The number of nitrogens with two attached hydrogens (primary N) is 1. The van der Waals surface area contributed by atoms with Crippen LogP contribution in [0.3, 0.4) is 0 Å². The van der Waals surface area contributed by atoms with Crippen molar-refractivity contribution in [2.75, 3.05) is 11.1 Å². The summed E-state index contributed by atoms with van der Waals surface area (Å²) >= 11 is 5.77. The predicted molar refractivity (Wildman–Crippen MR) is 70.1 cm³/mol. The molecule has 0 radical (unpaired) electrons. The largest absolute Gasteiger partial charge is 0.408 e. The molecule has 6 nitrogen and oxygen atoms in total. The van der Waals surface area contributed by atoms with Crippen LogP contribution in [-0.4, -0.2) is 16.1 Å². The fraction of sp³-hybridized carbons (Fsp3) is 0.250. The zero-order valence-corrected chi connectivity index (χ0v) is 10.6. The third kappa shape index (κ3) is 2.53. The Bertz CT molecular complexity index is 636. The number of carbonyl (C=O) groups is 1. The molecule has 1 aliphatic rings. The van der Waals surface area contributed by atoms with Gasteiger partial charge in [-0.15, -0.1) is 5.10 Å². The van der Waals surface area contributed by atoms with E-state index in [1.165, 1.54) is 6.07 Å². The highest BCUT2D eigenvalue weighted by Gasteiger charge is 2.29. The van der Waals surface area contributed by atoms with E-state index in [1.54, 1.807) is 12.1 Å². The van der Waals surface area contributed by atoms with E-state index in [2.05, 4.69) is 15.5 Å². The Kier molecular flexibility index (Phi) is 2.87. The van der Waals surface area contributed by atoms with Crippen molar-refractivity contribution in [2.24, 2.45) is 0 Å². The summed E-state index contributed by atoms with van der Waals surface area (Å²) in [4.78, 5) is 12.0. The van der Waals surface area contributed by atoms with Crippen molar-refractivity contribution in [1.29, 1.82) is 0 Å². The van der Waals surface area contributed by atoms with Gasteiger partial charge in [0.1, 0.15) is 0 Å². The first-order valence-electron chi connectivity index (χ1n) is 5.83. The topological polar surface area (TPSA) is 94.0 Å². The molecule has 0 aliphatic heterocycles. The van der Waals surface area contributed by atoms with Crippen LogP contribution in [0.5, 0.6) is 0 Å². The maximum atomic E-state index is 12.0. The van der Waals surface area contributed by atoms with Gasteiger partial charge in [0.05, 0.1) is 5.56 Å². The third-order valence-corrected chi connectivity index (χ3v) is 3.08. The van der Waals surface area contributed by atoms with Gasteiger partial charge in [-0.05, 0) is 31.0 Å². The fourth-order valence-electron chi connectivity index (χ4n) is 1.69. The summed E-state index contributed by atoms with van der Waals surface area (Å²) in [5.41, 5.74) is 6.34. The van der Waals surface area contributed by atoms with Gasteiger partial charge >= 0.3 is 6.01 Å². The molecule has 19 heavy (non-hydrogen) atoms. The molecule has 7 heteroatoms. The number of halogens is 1. The highest BCUT2D eigenvalue weighted by atomic mass is 35.5. The summed E-state index contributed by atoms with van der Waals surface area (Å²) in [5, 5.41) is 10.6. The van der Waals surface area contributed by atoms with Crippen molar-refractivity contribution in [2.45, 2.75) is 18.8 Å². The van der Waals surface area contributed by atoms with Crippen LogP contribution in [0.15, 0.2) is 22.6 Å². The summed E-state index contributed by atoms with van der Waals surface area (Å²) in [5.74, 6) is 0.512. The van der Waals surface area contributed by atoms with Gasteiger partial charge in [-0.3, -0.25) is 10.1 Å². The average Bonchev–Trinajstić information content (AvgIpc) is 3.10. The number of amides is 1. The first-order valence-corrected chi connectivity index (χ1v) is 6.21. The van der Waals surface area contributed by atoms with Crippen LogP contribution >= 0.6 is 11.6 Å². The number of nitrogens with one attached hydrogen (secondary N) is 1. The van der Waals surface area contributed by atoms with Gasteiger partial charge in [-0.2, -0.15) is 0 Å². The highest BCUT2D eigenvalue weighted by molar-refractivity contribution is 6.31. The molecular formula is C12H11ClN4O2. The van der Waals surface area contributed by atoms with Crippen molar-refractivity contribution < 1.29 is 9.21 Å². The molecule has 3 rings (SSSR count). The molecule has 1 aromatic carbocycles. The van der Waals surface area contributed by atoms with Crippen molar-refractivity contribution in [1.82, 2.24) is 10.2 Å². The Balaban J connectivity index is 1.76. The van der Waals surface area contributed by atoms with Crippen LogP contribution in [0, 0.1) is 0 Å². The van der Waals surface area contributed by atoms with E-state index in [0.29, 0.717) is 28.1 Å². The van der Waals surface area contributed by atoms with Crippen LogP contribution in [0.1, 0.15) is 35.0 Å². The molecule has 0 spiro atoms. The summed E-state index contributed by atoms with van der Waals surface area (Å²) in [7, 11) is 0. The number of anilines is 2. The predicted octanol–water partition coefficient (Wildman–Crippen LogP) is 2.43. The monoisotopic (exact) mass is 278 g/mol. The molecule has 0 bridgehead atoms. The number of nitrogen functional groups attached to an aromatic ring is 1. The summed E-state index contributed by atoms with van der Waals surface area (Å²) in [6.45, 7) is 0. The van der Waals surface area contributed by atoms with Gasteiger partial charge in [0.25, 0.3) is 5.91 Å². The van der Waals surface area contributed by atoms with E-state index in [9.17, 15) is 4.79 Å². The van der Waals surface area contributed by atoms with Gasteiger partial charge in [-0.1, -0.05) is 16.7 Å². The minimum Gasteiger partial charge on any atom is -0.408 e.